The maximum Gasteiger partial charge on any atom is 0.573 e. The van der Waals surface area contributed by atoms with Gasteiger partial charge < -0.3 is 14.4 Å². The molecule has 1 aromatic carbocycles. The van der Waals surface area contributed by atoms with Gasteiger partial charge in [-0.2, -0.15) is 0 Å². The molecule has 0 N–H and O–H groups in total. The molecule has 0 aliphatic carbocycles. The van der Waals surface area contributed by atoms with Crippen molar-refractivity contribution < 1.29 is 27.4 Å². The molecule has 124 valence electrons. The van der Waals surface area contributed by atoms with Gasteiger partial charge >= 0.3 is 12.5 Å². The van der Waals surface area contributed by atoms with Crippen LogP contribution in [0.15, 0.2) is 41.8 Å². The average Bonchev–Trinajstić information content (AvgIpc) is 2.90. The summed E-state index contributed by atoms with van der Waals surface area (Å²) in [5.74, 6) is -0.406. The van der Waals surface area contributed by atoms with Gasteiger partial charge in [0.15, 0.2) is 5.06 Å². The molecule has 2 aromatic rings. The molecule has 0 aliphatic heterocycles. The van der Waals surface area contributed by atoms with Crippen LogP contribution < -0.4 is 9.47 Å². The highest BCUT2D eigenvalue weighted by Gasteiger charge is 2.31. The van der Waals surface area contributed by atoms with Crippen LogP contribution in [0, 0.1) is 0 Å². The first-order valence-electron chi connectivity index (χ1n) is 6.72. The van der Waals surface area contributed by atoms with Crippen molar-refractivity contribution in [3.05, 3.63) is 47.3 Å². The third-order valence-corrected chi connectivity index (χ3v) is 3.61. The van der Waals surface area contributed by atoms with Crippen LogP contribution in [-0.4, -0.2) is 23.9 Å². The molecule has 0 radical (unpaired) electrons. The number of carbonyl (C=O) groups excluding carboxylic acids is 1. The van der Waals surface area contributed by atoms with Gasteiger partial charge in [0.1, 0.15) is 5.75 Å². The predicted octanol–water partition coefficient (Wildman–Crippen LogP) is 4.67. The van der Waals surface area contributed by atoms with E-state index in [1.165, 1.54) is 4.90 Å². The number of amides is 1. The number of hydrogen-bond acceptors (Lipinski definition) is 4. The highest BCUT2D eigenvalue weighted by molar-refractivity contribution is 7.12. The largest absolute Gasteiger partial charge is 0.573 e. The zero-order valence-corrected chi connectivity index (χ0v) is 13.0. The molecule has 8 heteroatoms. The summed E-state index contributed by atoms with van der Waals surface area (Å²) in [6.45, 7) is 2.55. The number of nitrogens with zero attached hydrogens (tertiary/aromatic N) is 1. The average molecular weight is 345 g/mol. The molecule has 1 amide bonds. The lowest BCUT2D eigenvalue weighted by Crippen LogP contribution is -2.32. The van der Waals surface area contributed by atoms with Crippen molar-refractivity contribution >= 4 is 17.4 Å². The van der Waals surface area contributed by atoms with Crippen molar-refractivity contribution in [2.45, 2.75) is 19.8 Å². The second kappa shape index (κ2) is 7.36. The van der Waals surface area contributed by atoms with Crippen molar-refractivity contribution in [3.8, 4) is 10.8 Å². The second-order valence-electron chi connectivity index (χ2n) is 4.52. The van der Waals surface area contributed by atoms with Crippen molar-refractivity contribution in [1.29, 1.82) is 0 Å². The maximum atomic E-state index is 12.1. The fraction of sp³-hybridized carbons (Fsp3) is 0.267. The van der Waals surface area contributed by atoms with E-state index in [4.69, 9.17) is 4.74 Å². The highest BCUT2D eigenvalue weighted by atomic mass is 32.1. The number of hydrogen-bond donors (Lipinski definition) is 0. The van der Waals surface area contributed by atoms with Crippen LogP contribution in [0.1, 0.15) is 12.5 Å². The number of rotatable bonds is 5. The molecule has 23 heavy (non-hydrogen) atoms. The zero-order valence-electron chi connectivity index (χ0n) is 12.2. The lowest BCUT2D eigenvalue weighted by atomic mass is 10.2. The summed E-state index contributed by atoms with van der Waals surface area (Å²) in [7, 11) is 0. The van der Waals surface area contributed by atoms with Crippen LogP contribution in [0.4, 0.5) is 18.0 Å². The van der Waals surface area contributed by atoms with Gasteiger partial charge in [-0.25, -0.2) is 4.79 Å². The SMILES string of the molecule is CCN(Cc1ccccc1)C(=O)Oc1cc(OC(F)(F)F)cs1. The van der Waals surface area contributed by atoms with Gasteiger partial charge in [-0.1, -0.05) is 30.3 Å². The van der Waals surface area contributed by atoms with E-state index in [0.717, 1.165) is 28.3 Å². The number of ether oxygens (including phenoxy) is 2. The minimum Gasteiger partial charge on any atom is -0.405 e. The topological polar surface area (TPSA) is 38.8 Å². The Hall–Kier alpha value is -2.22. The quantitative estimate of drug-likeness (QED) is 0.791. The van der Waals surface area contributed by atoms with E-state index < -0.39 is 18.2 Å². The first kappa shape index (κ1) is 17.1. The van der Waals surface area contributed by atoms with E-state index in [2.05, 4.69) is 4.74 Å². The molecule has 4 nitrogen and oxygen atoms in total. The standard InChI is InChI=1S/C15H14F3NO3S/c1-2-19(9-11-6-4-3-5-7-11)14(20)21-13-8-12(10-23-13)22-15(16,17)18/h3-8,10H,2,9H2,1H3. The van der Waals surface area contributed by atoms with Gasteiger partial charge in [-0.3, -0.25) is 0 Å². The Morgan fingerprint density at radius 2 is 1.96 bits per heavy atom. The number of halogens is 3. The molecule has 0 spiro atoms. The summed E-state index contributed by atoms with van der Waals surface area (Å²) in [6, 6.07) is 10.4. The fourth-order valence-electron chi connectivity index (χ4n) is 1.80. The van der Waals surface area contributed by atoms with Crippen LogP contribution in [0.3, 0.4) is 0 Å². The number of benzene rings is 1. The molecule has 1 heterocycles. The molecular formula is C15H14F3NO3S. The number of carbonyl (C=O) groups is 1. The van der Waals surface area contributed by atoms with E-state index >= 15 is 0 Å². The Labute approximate surface area is 135 Å². The number of alkyl halides is 3. The lowest BCUT2D eigenvalue weighted by molar-refractivity contribution is -0.274. The first-order valence-corrected chi connectivity index (χ1v) is 7.60. The summed E-state index contributed by atoms with van der Waals surface area (Å²) in [5, 5.41) is 1.17. The van der Waals surface area contributed by atoms with Gasteiger partial charge in [0.25, 0.3) is 0 Å². The van der Waals surface area contributed by atoms with Crippen LogP contribution in [0.5, 0.6) is 10.8 Å². The molecule has 0 atom stereocenters. The third-order valence-electron chi connectivity index (χ3n) is 2.83. The van der Waals surface area contributed by atoms with E-state index in [1.54, 1.807) is 6.92 Å². The molecule has 0 bridgehead atoms. The Kier molecular flexibility index (Phi) is 5.49. The zero-order chi connectivity index (χ0) is 16.9. The van der Waals surface area contributed by atoms with Gasteiger partial charge in [-0.05, 0) is 12.5 Å². The van der Waals surface area contributed by atoms with E-state index in [1.807, 2.05) is 30.3 Å². The van der Waals surface area contributed by atoms with Gasteiger partial charge in [0, 0.05) is 24.5 Å². The summed E-state index contributed by atoms with van der Waals surface area (Å²) in [5.41, 5.74) is 0.929. The molecular weight excluding hydrogens is 331 g/mol. The van der Waals surface area contributed by atoms with Crippen LogP contribution in [0.2, 0.25) is 0 Å². The Bertz CT molecular complexity index is 643. The molecule has 0 saturated heterocycles. The summed E-state index contributed by atoms with van der Waals surface area (Å²) < 4.78 is 45.2. The van der Waals surface area contributed by atoms with Gasteiger partial charge in [-0.15, -0.1) is 24.5 Å². The molecule has 1 aromatic heterocycles. The fourth-order valence-corrected chi connectivity index (χ4v) is 2.45. The normalized spacial score (nSPS) is 11.1. The minimum absolute atomic E-state index is 0.0424. The Morgan fingerprint density at radius 3 is 2.57 bits per heavy atom. The van der Waals surface area contributed by atoms with Crippen molar-refractivity contribution in [2.24, 2.45) is 0 Å². The summed E-state index contributed by atoms with van der Waals surface area (Å²) in [4.78, 5) is 13.5. The Balaban J connectivity index is 1.97. The molecule has 2 rings (SSSR count). The summed E-state index contributed by atoms with van der Waals surface area (Å²) >= 11 is 0.858. The van der Waals surface area contributed by atoms with Crippen molar-refractivity contribution in [1.82, 2.24) is 4.90 Å². The second-order valence-corrected chi connectivity index (χ2v) is 5.39. The van der Waals surface area contributed by atoms with E-state index in [9.17, 15) is 18.0 Å². The van der Waals surface area contributed by atoms with Crippen molar-refractivity contribution in [3.63, 3.8) is 0 Å². The summed E-state index contributed by atoms with van der Waals surface area (Å²) in [6.07, 6.45) is -5.40. The van der Waals surface area contributed by atoms with Crippen molar-refractivity contribution in [2.75, 3.05) is 6.54 Å². The van der Waals surface area contributed by atoms with Gasteiger partial charge in [0.2, 0.25) is 0 Å². The molecule has 0 aliphatic rings. The number of thiophene rings is 1. The lowest BCUT2D eigenvalue weighted by Gasteiger charge is -2.19. The predicted molar refractivity (Wildman–Crippen MR) is 79.6 cm³/mol. The Morgan fingerprint density at radius 1 is 1.26 bits per heavy atom. The highest BCUT2D eigenvalue weighted by Crippen LogP contribution is 2.32. The molecule has 0 fully saturated rings. The monoisotopic (exact) mass is 345 g/mol. The molecule has 0 unspecified atom stereocenters. The van der Waals surface area contributed by atoms with Crippen LogP contribution >= 0.6 is 11.3 Å². The smallest absolute Gasteiger partial charge is 0.405 e. The molecule has 0 saturated carbocycles. The first-order chi connectivity index (χ1) is 10.9. The van der Waals surface area contributed by atoms with Crippen LogP contribution in [-0.2, 0) is 6.54 Å². The maximum absolute atomic E-state index is 12.1. The van der Waals surface area contributed by atoms with E-state index in [0.29, 0.717) is 13.1 Å². The third kappa shape index (κ3) is 5.48. The van der Waals surface area contributed by atoms with E-state index in [-0.39, 0.29) is 5.06 Å². The van der Waals surface area contributed by atoms with Crippen LogP contribution in [0.25, 0.3) is 0 Å². The minimum atomic E-state index is -4.77. The van der Waals surface area contributed by atoms with Gasteiger partial charge in [0.05, 0.1) is 0 Å².